The fourth-order valence-electron chi connectivity index (χ4n) is 1.76. The lowest BCUT2D eigenvalue weighted by atomic mass is 10.0. The van der Waals surface area contributed by atoms with Crippen molar-refractivity contribution in [3.05, 3.63) is 55.9 Å². The quantitative estimate of drug-likeness (QED) is 0.483. The number of hydrogen-bond donors (Lipinski definition) is 2. The lowest BCUT2D eigenvalue weighted by Gasteiger charge is -2.17. The molecule has 2 aromatic rings. The van der Waals surface area contributed by atoms with Crippen molar-refractivity contribution in [1.82, 2.24) is 5.43 Å². The summed E-state index contributed by atoms with van der Waals surface area (Å²) in [7, 11) is 0. The van der Waals surface area contributed by atoms with Crippen molar-refractivity contribution < 1.29 is 17.6 Å². The average molecular weight is 369 g/mol. The lowest BCUT2D eigenvalue weighted by Crippen LogP contribution is -2.28. The molecule has 0 fully saturated rings. The van der Waals surface area contributed by atoms with Gasteiger partial charge in [-0.15, -0.1) is 11.3 Å². The molecule has 108 valence electrons. The van der Waals surface area contributed by atoms with Crippen molar-refractivity contribution in [2.75, 3.05) is 0 Å². The molecule has 1 aromatic heterocycles. The van der Waals surface area contributed by atoms with E-state index in [9.17, 15) is 17.6 Å². The maximum absolute atomic E-state index is 13.3. The van der Waals surface area contributed by atoms with Crippen molar-refractivity contribution in [2.45, 2.75) is 12.2 Å². The molecule has 8 heteroatoms. The molecule has 3 N–H and O–H groups in total. The normalized spacial score (nSPS) is 13.5. The molecule has 20 heavy (non-hydrogen) atoms. The first kappa shape index (κ1) is 15.4. The highest BCUT2D eigenvalue weighted by Crippen LogP contribution is 2.35. The standard InChI is InChI=1S/C12H9BrF4N2S/c13-7-4-10(20-5-7)11(19-18)6-1-2-9(14)8(3-6)12(15,16)17/h1-5,11,19H,18H2. The van der Waals surface area contributed by atoms with Gasteiger partial charge in [-0.2, -0.15) is 13.2 Å². The third-order valence-corrected chi connectivity index (χ3v) is 4.43. The Labute approximate surface area is 124 Å². The Bertz CT molecular complexity index is 612. The summed E-state index contributed by atoms with van der Waals surface area (Å²) in [5.74, 6) is 4.11. The van der Waals surface area contributed by atoms with E-state index < -0.39 is 23.6 Å². The Morgan fingerprint density at radius 3 is 2.45 bits per heavy atom. The maximum atomic E-state index is 13.3. The second-order valence-corrected chi connectivity index (χ2v) is 5.86. The SMILES string of the molecule is NNC(c1ccc(F)c(C(F)(F)F)c1)c1cc(Br)cs1. The number of rotatable bonds is 3. The van der Waals surface area contributed by atoms with E-state index >= 15 is 0 Å². The van der Waals surface area contributed by atoms with Gasteiger partial charge in [-0.1, -0.05) is 6.07 Å². The molecule has 0 amide bonds. The van der Waals surface area contributed by atoms with Gasteiger partial charge in [0.1, 0.15) is 5.82 Å². The molecule has 2 nitrogen and oxygen atoms in total. The van der Waals surface area contributed by atoms with Crippen molar-refractivity contribution in [1.29, 1.82) is 0 Å². The summed E-state index contributed by atoms with van der Waals surface area (Å²) in [6.45, 7) is 0. The van der Waals surface area contributed by atoms with Crippen LogP contribution in [0, 0.1) is 5.82 Å². The molecule has 0 spiro atoms. The lowest BCUT2D eigenvalue weighted by molar-refractivity contribution is -0.140. The topological polar surface area (TPSA) is 38.0 Å². The highest BCUT2D eigenvalue weighted by molar-refractivity contribution is 9.10. The van der Waals surface area contributed by atoms with Gasteiger partial charge in [0.2, 0.25) is 0 Å². The van der Waals surface area contributed by atoms with Crippen molar-refractivity contribution in [3.63, 3.8) is 0 Å². The number of nitrogens with two attached hydrogens (primary N) is 1. The number of benzene rings is 1. The van der Waals surface area contributed by atoms with Gasteiger partial charge in [-0.05, 0) is 39.7 Å². The van der Waals surface area contributed by atoms with Gasteiger partial charge in [0.05, 0.1) is 11.6 Å². The molecule has 0 saturated heterocycles. The highest BCUT2D eigenvalue weighted by Gasteiger charge is 2.34. The van der Waals surface area contributed by atoms with Crippen molar-refractivity contribution >= 4 is 27.3 Å². The fourth-order valence-corrected chi connectivity index (χ4v) is 3.29. The van der Waals surface area contributed by atoms with Crippen LogP contribution in [0.5, 0.6) is 0 Å². The monoisotopic (exact) mass is 368 g/mol. The van der Waals surface area contributed by atoms with Gasteiger partial charge in [-0.3, -0.25) is 5.84 Å². The molecule has 1 heterocycles. The number of thiophene rings is 1. The van der Waals surface area contributed by atoms with Crippen LogP contribution in [0.4, 0.5) is 17.6 Å². The summed E-state index contributed by atoms with van der Waals surface area (Å²) >= 11 is 4.59. The molecule has 0 radical (unpaired) electrons. The Morgan fingerprint density at radius 2 is 1.95 bits per heavy atom. The van der Waals surface area contributed by atoms with Gasteiger partial charge >= 0.3 is 6.18 Å². The fraction of sp³-hybridized carbons (Fsp3) is 0.167. The maximum Gasteiger partial charge on any atom is 0.419 e. The molecular weight excluding hydrogens is 360 g/mol. The predicted molar refractivity (Wildman–Crippen MR) is 72.6 cm³/mol. The third kappa shape index (κ3) is 3.20. The third-order valence-electron chi connectivity index (χ3n) is 2.67. The van der Waals surface area contributed by atoms with Crippen LogP contribution in [0.25, 0.3) is 0 Å². The molecular formula is C12H9BrF4N2S. The van der Waals surface area contributed by atoms with Crippen LogP contribution in [0.3, 0.4) is 0 Å². The van der Waals surface area contributed by atoms with Crippen LogP contribution in [0.1, 0.15) is 22.0 Å². The summed E-state index contributed by atoms with van der Waals surface area (Å²) in [6, 6.07) is 3.96. The Kier molecular flexibility index (Phi) is 4.48. The molecule has 1 unspecified atom stereocenters. The van der Waals surface area contributed by atoms with Gasteiger partial charge in [-0.25, -0.2) is 9.82 Å². The molecule has 1 aromatic carbocycles. The van der Waals surface area contributed by atoms with E-state index in [4.69, 9.17) is 5.84 Å². The van der Waals surface area contributed by atoms with E-state index in [1.807, 2.05) is 0 Å². The summed E-state index contributed by atoms with van der Waals surface area (Å²) in [5.41, 5.74) is 1.39. The van der Waals surface area contributed by atoms with Crippen LogP contribution in [0.15, 0.2) is 34.1 Å². The van der Waals surface area contributed by atoms with E-state index in [-0.39, 0.29) is 5.56 Å². The summed E-state index contributed by atoms with van der Waals surface area (Å²) in [4.78, 5) is 0.721. The van der Waals surface area contributed by atoms with Gasteiger partial charge in [0.25, 0.3) is 0 Å². The zero-order valence-electron chi connectivity index (χ0n) is 9.84. The summed E-state index contributed by atoms with van der Waals surface area (Å²) in [5, 5.41) is 1.79. The minimum atomic E-state index is -4.74. The molecule has 2 rings (SSSR count). The van der Waals surface area contributed by atoms with Gasteiger partial charge < -0.3 is 0 Å². The first-order chi connectivity index (χ1) is 9.32. The van der Waals surface area contributed by atoms with Crippen LogP contribution in [0.2, 0.25) is 0 Å². The summed E-state index contributed by atoms with van der Waals surface area (Å²) in [6.07, 6.45) is -4.74. The molecule has 0 aliphatic heterocycles. The first-order valence-corrected chi connectivity index (χ1v) is 7.07. The predicted octanol–water partition coefficient (Wildman–Crippen LogP) is 4.22. The van der Waals surface area contributed by atoms with E-state index in [0.29, 0.717) is 0 Å². The summed E-state index contributed by atoms with van der Waals surface area (Å²) < 4.78 is 52.2. The Balaban J connectivity index is 2.46. The largest absolute Gasteiger partial charge is 0.419 e. The van der Waals surface area contributed by atoms with Crippen LogP contribution in [-0.2, 0) is 6.18 Å². The van der Waals surface area contributed by atoms with Crippen LogP contribution < -0.4 is 11.3 Å². The van der Waals surface area contributed by atoms with Crippen molar-refractivity contribution in [2.24, 2.45) is 5.84 Å². The molecule has 0 saturated carbocycles. The number of hydrogen-bond acceptors (Lipinski definition) is 3. The van der Waals surface area contributed by atoms with Crippen LogP contribution in [-0.4, -0.2) is 0 Å². The van der Waals surface area contributed by atoms with Gasteiger partial charge in [0, 0.05) is 14.7 Å². The van der Waals surface area contributed by atoms with Gasteiger partial charge in [0.15, 0.2) is 0 Å². The van der Waals surface area contributed by atoms with E-state index in [1.165, 1.54) is 17.4 Å². The number of alkyl halides is 3. The molecule has 0 aliphatic rings. The highest BCUT2D eigenvalue weighted by atomic mass is 79.9. The smallest absolute Gasteiger partial charge is 0.271 e. The molecule has 0 bridgehead atoms. The van der Waals surface area contributed by atoms with E-state index in [2.05, 4.69) is 21.4 Å². The average Bonchev–Trinajstić information content (AvgIpc) is 2.77. The number of hydrazine groups is 1. The minimum Gasteiger partial charge on any atom is -0.271 e. The Morgan fingerprint density at radius 1 is 1.25 bits per heavy atom. The van der Waals surface area contributed by atoms with E-state index in [0.717, 1.165) is 21.5 Å². The molecule has 0 aliphatic carbocycles. The second kappa shape index (κ2) is 5.80. The molecule has 1 atom stereocenters. The first-order valence-electron chi connectivity index (χ1n) is 5.39. The zero-order chi connectivity index (χ0) is 14.9. The second-order valence-electron chi connectivity index (χ2n) is 4.00. The Hall–Kier alpha value is -0.960. The minimum absolute atomic E-state index is 0.246. The van der Waals surface area contributed by atoms with Crippen molar-refractivity contribution in [3.8, 4) is 0 Å². The number of nitrogens with one attached hydrogen (secondary N) is 1. The van der Waals surface area contributed by atoms with Crippen LogP contribution >= 0.6 is 27.3 Å². The van der Waals surface area contributed by atoms with E-state index in [1.54, 1.807) is 11.4 Å². The number of halogens is 5. The zero-order valence-corrected chi connectivity index (χ0v) is 12.2.